The fourth-order valence-electron chi connectivity index (χ4n) is 3.14. The fraction of sp³-hybridized carbons (Fsp3) is 0.450. The molecule has 1 saturated heterocycles. The molecule has 0 spiro atoms. The van der Waals surface area contributed by atoms with E-state index in [2.05, 4.69) is 15.2 Å². The Kier molecular flexibility index (Phi) is 5.78. The van der Waals surface area contributed by atoms with Crippen molar-refractivity contribution in [1.82, 2.24) is 9.97 Å². The van der Waals surface area contributed by atoms with E-state index in [-0.39, 0.29) is 5.91 Å². The molecule has 0 radical (unpaired) electrons. The number of piperidine rings is 1. The van der Waals surface area contributed by atoms with Gasteiger partial charge in [-0.25, -0.2) is 4.98 Å². The van der Waals surface area contributed by atoms with Crippen molar-refractivity contribution in [2.75, 3.05) is 61.3 Å². The van der Waals surface area contributed by atoms with E-state index in [1.807, 2.05) is 62.3 Å². The lowest BCUT2D eigenvalue weighted by Gasteiger charge is -2.28. The third-order valence-electron chi connectivity index (χ3n) is 4.71. The van der Waals surface area contributed by atoms with Crippen molar-refractivity contribution in [1.29, 1.82) is 0 Å². The summed E-state index contributed by atoms with van der Waals surface area (Å²) in [6, 6.07) is 7.50. The van der Waals surface area contributed by atoms with Gasteiger partial charge in [-0.3, -0.25) is 4.79 Å². The van der Waals surface area contributed by atoms with Crippen LogP contribution in [0, 0.1) is 0 Å². The number of hydrogen-bond acceptors (Lipinski definition) is 6. The smallest absolute Gasteiger partial charge is 0.255 e. The highest BCUT2D eigenvalue weighted by atomic mass is 16.1. The molecular formula is C20H28N6O. The Labute approximate surface area is 161 Å². The van der Waals surface area contributed by atoms with Crippen LogP contribution in [0.5, 0.6) is 0 Å². The third-order valence-corrected chi connectivity index (χ3v) is 4.71. The molecule has 0 aliphatic carbocycles. The molecule has 144 valence electrons. The zero-order chi connectivity index (χ0) is 19.4. The predicted molar refractivity (Wildman–Crippen MR) is 111 cm³/mol. The quantitative estimate of drug-likeness (QED) is 0.875. The van der Waals surface area contributed by atoms with Crippen molar-refractivity contribution in [2.45, 2.75) is 19.3 Å². The monoisotopic (exact) mass is 368 g/mol. The first-order valence-electron chi connectivity index (χ1n) is 9.34. The van der Waals surface area contributed by atoms with Crippen LogP contribution in [0.2, 0.25) is 0 Å². The van der Waals surface area contributed by atoms with Crippen molar-refractivity contribution in [2.24, 2.45) is 0 Å². The first-order valence-corrected chi connectivity index (χ1v) is 9.34. The topological polar surface area (TPSA) is 64.6 Å². The Morgan fingerprint density at radius 3 is 2.26 bits per heavy atom. The maximum atomic E-state index is 12.6. The van der Waals surface area contributed by atoms with E-state index in [1.54, 1.807) is 6.20 Å². The third kappa shape index (κ3) is 4.48. The number of amides is 1. The molecule has 1 aliphatic heterocycles. The molecular weight excluding hydrogens is 340 g/mol. The van der Waals surface area contributed by atoms with E-state index < -0.39 is 0 Å². The van der Waals surface area contributed by atoms with Crippen LogP contribution in [0.25, 0.3) is 0 Å². The van der Waals surface area contributed by atoms with Gasteiger partial charge in [-0.2, -0.15) is 4.98 Å². The molecule has 2 aromatic rings. The number of hydrogen-bond donors (Lipinski definition) is 1. The van der Waals surface area contributed by atoms with Crippen molar-refractivity contribution in [3.8, 4) is 0 Å². The number of carbonyl (C=O) groups excluding carboxylic acids is 1. The van der Waals surface area contributed by atoms with Crippen LogP contribution in [0.1, 0.15) is 29.6 Å². The Morgan fingerprint density at radius 2 is 1.67 bits per heavy atom. The Bertz CT molecular complexity index is 782. The summed E-state index contributed by atoms with van der Waals surface area (Å²) in [4.78, 5) is 28.0. The minimum Gasteiger partial charge on any atom is -0.378 e. The molecule has 7 nitrogen and oxygen atoms in total. The number of rotatable bonds is 5. The summed E-state index contributed by atoms with van der Waals surface area (Å²) in [5.41, 5.74) is 2.27. The van der Waals surface area contributed by atoms with Crippen LogP contribution in [0.3, 0.4) is 0 Å². The highest BCUT2D eigenvalue weighted by Gasteiger charge is 2.18. The van der Waals surface area contributed by atoms with Gasteiger partial charge < -0.3 is 20.0 Å². The van der Waals surface area contributed by atoms with Gasteiger partial charge in [-0.15, -0.1) is 0 Å². The van der Waals surface area contributed by atoms with E-state index >= 15 is 0 Å². The lowest BCUT2D eigenvalue weighted by molar-refractivity contribution is 0.102. The van der Waals surface area contributed by atoms with Crippen molar-refractivity contribution >= 4 is 29.0 Å². The maximum absolute atomic E-state index is 12.6. The standard InChI is InChI=1S/C20H28N6O/c1-24(2)16-10-8-15(9-11-16)19(27)22-17-14-21-20(23-18(17)25(3)4)26-12-6-5-7-13-26/h8-11,14H,5-7,12-13H2,1-4H3,(H,22,27). The van der Waals surface area contributed by atoms with Gasteiger partial charge >= 0.3 is 0 Å². The van der Waals surface area contributed by atoms with Crippen molar-refractivity contribution in [3.63, 3.8) is 0 Å². The molecule has 0 unspecified atom stereocenters. The second-order valence-corrected chi connectivity index (χ2v) is 7.24. The molecule has 1 aromatic heterocycles. The van der Waals surface area contributed by atoms with Gasteiger partial charge in [0.2, 0.25) is 5.95 Å². The SMILES string of the molecule is CN(C)c1ccc(C(=O)Nc2cnc(N3CCCCC3)nc2N(C)C)cc1. The first kappa shape index (κ1) is 18.9. The first-order chi connectivity index (χ1) is 13.0. The van der Waals surface area contributed by atoms with Crippen molar-refractivity contribution in [3.05, 3.63) is 36.0 Å². The molecule has 1 fully saturated rings. The van der Waals surface area contributed by atoms with Crippen LogP contribution in [0.15, 0.2) is 30.5 Å². The van der Waals surface area contributed by atoms with E-state index in [4.69, 9.17) is 4.98 Å². The molecule has 0 atom stereocenters. The molecule has 1 aliphatic rings. The molecule has 1 aromatic carbocycles. The van der Waals surface area contributed by atoms with E-state index in [1.165, 1.54) is 19.3 Å². The molecule has 7 heteroatoms. The van der Waals surface area contributed by atoms with Gasteiger partial charge in [-0.05, 0) is 43.5 Å². The van der Waals surface area contributed by atoms with Crippen molar-refractivity contribution < 1.29 is 4.79 Å². The highest BCUT2D eigenvalue weighted by molar-refractivity contribution is 6.05. The summed E-state index contributed by atoms with van der Waals surface area (Å²) in [6.45, 7) is 1.97. The van der Waals surface area contributed by atoms with Gasteiger partial charge in [0.1, 0.15) is 5.69 Å². The molecule has 1 amide bonds. The summed E-state index contributed by atoms with van der Waals surface area (Å²) in [5, 5.41) is 2.95. The molecule has 27 heavy (non-hydrogen) atoms. The molecule has 0 saturated carbocycles. The van der Waals surface area contributed by atoms with Crippen LogP contribution in [0.4, 0.5) is 23.1 Å². The number of nitrogens with zero attached hydrogens (tertiary/aromatic N) is 5. The van der Waals surface area contributed by atoms with Gasteiger partial charge in [0, 0.05) is 52.5 Å². The number of anilines is 4. The summed E-state index contributed by atoms with van der Waals surface area (Å²) < 4.78 is 0. The summed E-state index contributed by atoms with van der Waals surface area (Å²) in [6.07, 6.45) is 5.31. The maximum Gasteiger partial charge on any atom is 0.255 e. The molecule has 0 bridgehead atoms. The van der Waals surface area contributed by atoms with Gasteiger partial charge in [-0.1, -0.05) is 0 Å². The zero-order valence-corrected chi connectivity index (χ0v) is 16.6. The van der Waals surface area contributed by atoms with Gasteiger partial charge in [0.25, 0.3) is 5.91 Å². The number of benzene rings is 1. The predicted octanol–water partition coefficient (Wildman–Crippen LogP) is 2.85. The van der Waals surface area contributed by atoms with E-state index in [9.17, 15) is 4.79 Å². The summed E-state index contributed by atoms with van der Waals surface area (Å²) in [7, 11) is 7.78. The summed E-state index contributed by atoms with van der Waals surface area (Å²) in [5.74, 6) is 1.27. The molecule has 2 heterocycles. The Hall–Kier alpha value is -2.83. The lowest BCUT2D eigenvalue weighted by atomic mass is 10.1. The zero-order valence-electron chi connectivity index (χ0n) is 16.6. The minimum absolute atomic E-state index is 0.169. The highest BCUT2D eigenvalue weighted by Crippen LogP contribution is 2.26. The normalized spacial score (nSPS) is 14.0. The summed E-state index contributed by atoms with van der Waals surface area (Å²) >= 11 is 0. The number of nitrogens with one attached hydrogen (secondary N) is 1. The van der Waals surface area contributed by atoms with Crippen LogP contribution < -0.4 is 20.0 Å². The van der Waals surface area contributed by atoms with Gasteiger partial charge in [0.05, 0.1) is 6.20 Å². The van der Waals surface area contributed by atoms with E-state index in [0.29, 0.717) is 17.1 Å². The minimum atomic E-state index is -0.169. The number of aromatic nitrogens is 2. The average Bonchev–Trinajstić information content (AvgIpc) is 2.68. The Morgan fingerprint density at radius 1 is 1.00 bits per heavy atom. The average molecular weight is 368 g/mol. The fourth-order valence-corrected chi connectivity index (χ4v) is 3.14. The van der Waals surface area contributed by atoms with Crippen LogP contribution >= 0.6 is 0 Å². The lowest BCUT2D eigenvalue weighted by Crippen LogP contribution is -2.31. The van der Waals surface area contributed by atoms with E-state index in [0.717, 1.165) is 24.7 Å². The molecule has 1 N–H and O–H groups in total. The second-order valence-electron chi connectivity index (χ2n) is 7.24. The number of carbonyl (C=O) groups is 1. The van der Waals surface area contributed by atoms with Gasteiger partial charge in [0.15, 0.2) is 5.82 Å². The second kappa shape index (κ2) is 8.24. The molecule has 3 rings (SSSR count). The van der Waals surface area contributed by atoms with Crippen LogP contribution in [-0.2, 0) is 0 Å². The largest absolute Gasteiger partial charge is 0.378 e. The van der Waals surface area contributed by atoms with Crippen LogP contribution in [-0.4, -0.2) is 57.2 Å². The Balaban J connectivity index is 1.79.